The average molecular weight is 340 g/mol. The fraction of sp³-hybridized carbons (Fsp3) is 1.00. The predicted molar refractivity (Wildman–Crippen MR) is 106 cm³/mol. The number of nitrogens with zero attached hydrogens (tertiary/aromatic N) is 1. The molecular weight excluding hydrogens is 294 g/mol. The zero-order valence-corrected chi connectivity index (χ0v) is 17.5. The molecule has 3 atom stereocenters. The Balaban J connectivity index is 2.28. The van der Waals surface area contributed by atoms with Crippen molar-refractivity contribution in [2.75, 3.05) is 13.1 Å². The minimum Gasteiger partial charge on any atom is -0.391 e. The Labute approximate surface area is 152 Å². The standard InChI is InChI=1S/C22H45NO/c1-18(2)12-10-13-19(3)14-11-15-20(4)21(24)22(5,6)23-16-8-7-9-17-23/h18-21,24H,7-17H2,1-6H3. The molecule has 144 valence electrons. The molecular formula is C22H45NO. The van der Waals surface area contributed by atoms with Crippen LogP contribution in [0, 0.1) is 17.8 Å². The molecule has 1 rings (SSSR count). The number of hydrogen-bond donors (Lipinski definition) is 1. The van der Waals surface area contributed by atoms with E-state index in [9.17, 15) is 5.11 Å². The van der Waals surface area contributed by atoms with E-state index in [0.29, 0.717) is 5.92 Å². The molecule has 2 heteroatoms. The zero-order valence-electron chi connectivity index (χ0n) is 17.5. The van der Waals surface area contributed by atoms with Gasteiger partial charge >= 0.3 is 0 Å². The Morgan fingerprint density at radius 3 is 1.92 bits per heavy atom. The van der Waals surface area contributed by atoms with Crippen LogP contribution in [0.2, 0.25) is 0 Å². The molecule has 2 nitrogen and oxygen atoms in total. The van der Waals surface area contributed by atoms with Crippen LogP contribution < -0.4 is 0 Å². The molecule has 0 spiro atoms. The molecule has 1 N–H and O–H groups in total. The minimum absolute atomic E-state index is 0.0806. The highest BCUT2D eigenvalue weighted by Crippen LogP contribution is 2.30. The molecule has 0 aromatic rings. The van der Waals surface area contributed by atoms with Crippen molar-refractivity contribution < 1.29 is 5.11 Å². The van der Waals surface area contributed by atoms with Gasteiger partial charge in [0, 0.05) is 5.54 Å². The highest BCUT2D eigenvalue weighted by atomic mass is 16.3. The summed E-state index contributed by atoms with van der Waals surface area (Å²) in [4.78, 5) is 2.52. The second-order valence-electron chi connectivity index (χ2n) is 9.48. The topological polar surface area (TPSA) is 23.5 Å². The fourth-order valence-electron chi connectivity index (χ4n) is 4.32. The van der Waals surface area contributed by atoms with E-state index in [2.05, 4.69) is 46.4 Å². The first kappa shape index (κ1) is 22.0. The van der Waals surface area contributed by atoms with Crippen molar-refractivity contribution in [2.45, 2.75) is 111 Å². The van der Waals surface area contributed by atoms with Gasteiger partial charge in [0.2, 0.25) is 0 Å². The maximum Gasteiger partial charge on any atom is 0.0743 e. The quantitative estimate of drug-likeness (QED) is 0.508. The van der Waals surface area contributed by atoms with Crippen molar-refractivity contribution in [3.05, 3.63) is 0 Å². The third kappa shape index (κ3) is 7.44. The summed E-state index contributed by atoms with van der Waals surface area (Å²) in [5.41, 5.74) is -0.0806. The van der Waals surface area contributed by atoms with Crippen LogP contribution in [0.3, 0.4) is 0 Å². The van der Waals surface area contributed by atoms with Crippen LogP contribution in [0.5, 0.6) is 0 Å². The van der Waals surface area contributed by atoms with E-state index < -0.39 is 0 Å². The van der Waals surface area contributed by atoms with Crippen LogP contribution in [0.1, 0.15) is 99.3 Å². The summed E-state index contributed by atoms with van der Waals surface area (Å²) in [6.45, 7) is 16.1. The summed E-state index contributed by atoms with van der Waals surface area (Å²) in [6.07, 6.45) is 11.6. The molecule has 1 heterocycles. The van der Waals surface area contributed by atoms with Gasteiger partial charge in [-0.25, -0.2) is 0 Å². The smallest absolute Gasteiger partial charge is 0.0743 e. The average Bonchev–Trinajstić information content (AvgIpc) is 2.54. The van der Waals surface area contributed by atoms with E-state index in [0.717, 1.165) is 31.3 Å². The molecule has 0 amide bonds. The van der Waals surface area contributed by atoms with Crippen molar-refractivity contribution >= 4 is 0 Å². The van der Waals surface area contributed by atoms with Crippen LogP contribution in [-0.4, -0.2) is 34.7 Å². The van der Waals surface area contributed by atoms with E-state index in [1.807, 2.05) is 0 Å². The van der Waals surface area contributed by atoms with E-state index in [4.69, 9.17) is 0 Å². The molecule has 1 aliphatic heterocycles. The van der Waals surface area contributed by atoms with Gasteiger partial charge in [-0.3, -0.25) is 4.90 Å². The second-order valence-corrected chi connectivity index (χ2v) is 9.48. The molecule has 0 bridgehead atoms. The molecule has 0 aliphatic carbocycles. The first-order valence-corrected chi connectivity index (χ1v) is 10.7. The van der Waals surface area contributed by atoms with Crippen LogP contribution in [0.4, 0.5) is 0 Å². The Bertz CT molecular complexity index is 320. The summed E-state index contributed by atoms with van der Waals surface area (Å²) in [5, 5.41) is 10.9. The summed E-state index contributed by atoms with van der Waals surface area (Å²) < 4.78 is 0. The van der Waals surface area contributed by atoms with E-state index in [-0.39, 0.29) is 11.6 Å². The third-order valence-electron chi connectivity index (χ3n) is 6.27. The lowest BCUT2D eigenvalue weighted by molar-refractivity contribution is -0.0477. The van der Waals surface area contributed by atoms with Gasteiger partial charge in [-0.2, -0.15) is 0 Å². The number of likely N-dealkylation sites (tertiary alicyclic amines) is 1. The van der Waals surface area contributed by atoms with Crippen LogP contribution >= 0.6 is 0 Å². The molecule has 0 aromatic heterocycles. The monoisotopic (exact) mass is 339 g/mol. The van der Waals surface area contributed by atoms with Crippen molar-refractivity contribution in [1.82, 2.24) is 4.90 Å². The van der Waals surface area contributed by atoms with Crippen LogP contribution in [0.15, 0.2) is 0 Å². The van der Waals surface area contributed by atoms with Gasteiger partial charge in [0.05, 0.1) is 6.10 Å². The zero-order chi connectivity index (χ0) is 18.2. The Hall–Kier alpha value is -0.0800. The number of aliphatic hydroxyl groups excluding tert-OH is 1. The molecule has 24 heavy (non-hydrogen) atoms. The number of hydrogen-bond acceptors (Lipinski definition) is 2. The summed E-state index contributed by atoms with van der Waals surface area (Å²) in [5.74, 6) is 2.07. The molecule has 3 unspecified atom stereocenters. The summed E-state index contributed by atoms with van der Waals surface area (Å²) in [6, 6.07) is 0. The van der Waals surface area contributed by atoms with E-state index in [1.165, 1.54) is 51.4 Å². The molecule has 1 saturated heterocycles. The molecule has 0 aromatic carbocycles. The van der Waals surface area contributed by atoms with Gasteiger partial charge < -0.3 is 5.11 Å². The molecule has 1 aliphatic rings. The van der Waals surface area contributed by atoms with Gasteiger partial charge in [-0.1, -0.05) is 66.2 Å². The van der Waals surface area contributed by atoms with Gasteiger partial charge in [-0.05, 0) is 64.0 Å². The Kier molecular flexibility index (Phi) is 9.89. The minimum atomic E-state index is -0.216. The van der Waals surface area contributed by atoms with E-state index >= 15 is 0 Å². The maximum absolute atomic E-state index is 10.9. The van der Waals surface area contributed by atoms with Crippen molar-refractivity contribution in [3.8, 4) is 0 Å². The lowest BCUT2D eigenvalue weighted by Gasteiger charge is -2.45. The second kappa shape index (κ2) is 10.8. The number of aliphatic hydroxyl groups is 1. The van der Waals surface area contributed by atoms with Crippen molar-refractivity contribution in [2.24, 2.45) is 17.8 Å². The highest BCUT2D eigenvalue weighted by molar-refractivity contribution is 4.92. The number of rotatable bonds is 11. The van der Waals surface area contributed by atoms with Gasteiger partial charge in [0.1, 0.15) is 0 Å². The van der Waals surface area contributed by atoms with Crippen molar-refractivity contribution in [1.29, 1.82) is 0 Å². The largest absolute Gasteiger partial charge is 0.391 e. The van der Waals surface area contributed by atoms with Gasteiger partial charge in [-0.15, -0.1) is 0 Å². The third-order valence-corrected chi connectivity index (χ3v) is 6.27. The Morgan fingerprint density at radius 2 is 1.38 bits per heavy atom. The van der Waals surface area contributed by atoms with Crippen LogP contribution in [-0.2, 0) is 0 Å². The molecule has 1 fully saturated rings. The lowest BCUT2D eigenvalue weighted by Crippen LogP contribution is -2.56. The molecule has 0 radical (unpaired) electrons. The fourth-order valence-corrected chi connectivity index (χ4v) is 4.32. The maximum atomic E-state index is 10.9. The SMILES string of the molecule is CC(C)CCCC(C)CCCC(C)C(O)C(C)(C)N1CCCCC1. The highest BCUT2D eigenvalue weighted by Gasteiger charge is 2.37. The number of piperidine rings is 1. The normalized spacial score (nSPS) is 21.0. The molecule has 0 saturated carbocycles. The first-order valence-electron chi connectivity index (χ1n) is 10.7. The summed E-state index contributed by atoms with van der Waals surface area (Å²) >= 11 is 0. The van der Waals surface area contributed by atoms with Crippen molar-refractivity contribution in [3.63, 3.8) is 0 Å². The lowest BCUT2D eigenvalue weighted by atomic mass is 9.82. The van der Waals surface area contributed by atoms with Crippen LogP contribution in [0.25, 0.3) is 0 Å². The van der Waals surface area contributed by atoms with Gasteiger partial charge in [0.15, 0.2) is 0 Å². The summed E-state index contributed by atoms with van der Waals surface area (Å²) in [7, 11) is 0. The van der Waals surface area contributed by atoms with Gasteiger partial charge in [0.25, 0.3) is 0 Å². The Morgan fingerprint density at radius 1 is 0.833 bits per heavy atom. The first-order chi connectivity index (χ1) is 11.2. The van der Waals surface area contributed by atoms with E-state index in [1.54, 1.807) is 0 Å². The predicted octanol–water partition coefficient (Wildman–Crippen LogP) is 5.88.